The molecule has 5 nitrogen and oxygen atoms in total. The van der Waals surface area contributed by atoms with Crippen molar-refractivity contribution in [1.29, 1.82) is 0 Å². The summed E-state index contributed by atoms with van der Waals surface area (Å²) < 4.78 is 12.4. The molecule has 0 fully saturated rings. The van der Waals surface area contributed by atoms with Gasteiger partial charge in [0.2, 0.25) is 0 Å². The van der Waals surface area contributed by atoms with Gasteiger partial charge in [0.05, 0.1) is 34.7 Å². The largest absolute Gasteiger partial charge is 0.490 e. The summed E-state index contributed by atoms with van der Waals surface area (Å²) in [6.07, 6.45) is 2.74. The molecule has 146 valence electrons. The third-order valence-corrected chi connectivity index (χ3v) is 4.75. The van der Waals surface area contributed by atoms with Gasteiger partial charge in [-0.15, -0.1) is 0 Å². The van der Waals surface area contributed by atoms with Crippen LogP contribution < -0.4 is 14.5 Å². The summed E-state index contributed by atoms with van der Waals surface area (Å²) in [6.45, 7) is 6.95. The van der Waals surface area contributed by atoms with Gasteiger partial charge in [-0.1, -0.05) is 25.1 Å². The molecule has 1 amide bonds. The van der Waals surface area contributed by atoms with E-state index in [4.69, 9.17) is 9.47 Å². The van der Waals surface area contributed by atoms with Gasteiger partial charge in [0, 0.05) is 0 Å². The van der Waals surface area contributed by atoms with Crippen LogP contribution in [0.15, 0.2) is 57.6 Å². The normalized spacial score (nSPS) is 15.1. The first-order valence-corrected chi connectivity index (χ1v) is 10.1. The van der Waals surface area contributed by atoms with Gasteiger partial charge < -0.3 is 9.47 Å². The molecule has 1 aliphatic rings. The quantitative estimate of drug-likeness (QED) is 0.536. The van der Waals surface area contributed by atoms with Crippen LogP contribution in [0.5, 0.6) is 11.5 Å². The molecule has 0 N–H and O–H groups in total. The fraction of sp³-hybridized carbons (Fsp3) is 0.273. The Kier molecular flexibility index (Phi) is 6.52. The first-order chi connectivity index (χ1) is 13.5. The lowest BCUT2D eigenvalue weighted by Crippen LogP contribution is -2.21. The Morgan fingerprint density at radius 1 is 1.14 bits per heavy atom. The van der Waals surface area contributed by atoms with Gasteiger partial charge in [0.1, 0.15) is 0 Å². The molecule has 0 saturated heterocycles. The number of nitrogens with zero attached hydrogens (tertiary/aromatic N) is 2. The highest BCUT2D eigenvalue weighted by Crippen LogP contribution is 2.38. The van der Waals surface area contributed by atoms with Crippen LogP contribution in [0, 0.1) is 0 Å². The van der Waals surface area contributed by atoms with E-state index in [9.17, 15) is 4.79 Å². The molecule has 0 bridgehead atoms. The fourth-order valence-electron chi connectivity index (χ4n) is 2.87. The molecule has 28 heavy (non-hydrogen) atoms. The topological polar surface area (TPSA) is 51.1 Å². The maximum atomic E-state index is 12.9. The van der Waals surface area contributed by atoms with E-state index in [1.54, 1.807) is 0 Å². The van der Waals surface area contributed by atoms with Gasteiger partial charge in [-0.05, 0) is 72.1 Å². The van der Waals surface area contributed by atoms with E-state index < -0.39 is 0 Å². The molecular weight excluding hydrogens is 420 g/mol. The minimum atomic E-state index is -0.149. The number of para-hydroxylation sites is 1. The lowest BCUT2D eigenvalue weighted by Gasteiger charge is -2.14. The van der Waals surface area contributed by atoms with E-state index in [1.165, 1.54) is 5.01 Å². The van der Waals surface area contributed by atoms with E-state index in [0.29, 0.717) is 36.0 Å². The monoisotopic (exact) mass is 442 g/mol. The van der Waals surface area contributed by atoms with E-state index in [1.807, 2.05) is 62.4 Å². The number of benzene rings is 2. The average molecular weight is 443 g/mol. The van der Waals surface area contributed by atoms with E-state index in [-0.39, 0.29) is 5.91 Å². The predicted octanol–water partition coefficient (Wildman–Crippen LogP) is 5.44. The van der Waals surface area contributed by atoms with Crippen molar-refractivity contribution in [3.8, 4) is 11.5 Å². The van der Waals surface area contributed by atoms with Crippen molar-refractivity contribution < 1.29 is 14.3 Å². The lowest BCUT2D eigenvalue weighted by molar-refractivity contribution is -0.114. The number of halogens is 1. The smallest absolute Gasteiger partial charge is 0.280 e. The van der Waals surface area contributed by atoms with Crippen LogP contribution >= 0.6 is 15.9 Å². The fourth-order valence-corrected chi connectivity index (χ4v) is 3.45. The molecule has 0 radical (unpaired) electrons. The Balaban J connectivity index is 1.95. The number of rotatable bonds is 7. The average Bonchev–Trinajstić information content (AvgIpc) is 2.96. The van der Waals surface area contributed by atoms with Crippen molar-refractivity contribution >= 4 is 39.3 Å². The lowest BCUT2D eigenvalue weighted by atomic mass is 10.1. The molecule has 0 spiro atoms. The number of ether oxygens (including phenoxy) is 2. The molecule has 2 aromatic rings. The van der Waals surface area contributed by atoms with Crippen molar-refractivity contribution in [2.75, 3.05) is 18.2 Å². The van der Waals surface area contributed by atoms with Gasteiger partial charge in [-0.2, -0.15) is 10.1 Å². The minimum Gasteiger partial charge on any atom is -0.490 e. The summed E-state index contributed by atoms with van der Waals surface area (Å²) in [7, 11) is 0. The molecule has 6 heteroatoms. The Morgan fingerprint density at radius 2 is 1.89 bits per heavy atom. The highest BCUT2D eigenvalue weighted by Gasteiger charge is 2.28. The molecule has 0 saturated carbocycles. The van der Waals surface area contributed by atoms with Crippen LogP contribution in [0.4, 0.5) is 5.69 Å². The Bertz CT molecular complexity index is 923. The second-order valence-electron chi connectivity index (χ2n) is 6.31. The molecule has 1 heterocycles. The van der Waals surface area contributed by atoms with Gasteiger partial charge >= 0.3 is 0 Å². The molecule has 2 aromatic carbocycles. The van der Waals surface area contributed by atoms with Crippen LogP contribution in [0.1, 0.15) is 32.8 Å². The van der Waals surface area contributed by atoms with Crippen LogP contribution in [0.25, 0.3) is 6.08 Å². The van der Waals surface area contributed by atoms with E-state index in [0.717, 1.165) is 22.1 Å². The summed E-state index contributed by atoms with van der Waals surface area (Å²) in [5.74, 6) is 1.18. The number of hydrogen-bond donors (Lipinski definition) is 0. The van der Waals surface area contributed by atoms with Gasteiger partial charge in [-0.25, -0.2) is 0 Å². The Morgan fingerprint density at radius 3 is 2.57 bits per heavy atom. The standard InChI is InChI=1S/C22H23BrN2O3/c1-4-11-28-21-19(23)13-16(14-20(21)27-5-2)12-18-15(3)24-25(22(18)26)17-9-7-6-8-10-17/h6-10,12-14H,4-5,11H2,1-3H3/b18-12+. The molecule has 3 rings (SSSR count). The van der Waals surface area contributed by atoms with E-state index in [2.05, 4.69) is 28.0 Å². The third-order valence-electron chi connectivity index (χ3n) is 4.16. The third kappa shape index (κ3) is 4.28. The maximum Gasteiger partial charge on any atom is 0.280 e. The Hall–Kier alpha value is -2.60. The summed E-state index contributed by atoms with van der Waals surface area (Å²) in [6, 6.07) is 13.2. The number of anilines is 1. The number of amides is 1. The second kappa shape index (κ2) is 9.06. The highest BCUT2D eigenvalue weighted by atomic mass is 79.9. The summed E-state index contributed by atoms with van der Waals surface area (Å²) >= 11 is 3.57. The number of carbonyl (C=O) groups is 1. The molecule has 0 aromatic heterocycles. The van der Waals surface area contributed by atoms with Crippen molar-refractivity contribution in [3.63, 3.8) is 0 Å². The zero-order chi connectivity index (χ0) is 20.1. The molecule has 1 aliphatic heterocycles. The molecule has 0 unspecified atom stereocenters. The van der Waals surface area contributed by atoms with E-state index >= 15 is 0 Å². The van der Waals surface area contributed by atoms with Crippen LogP contribution in [0.2, 0.25) is 0 Å². The van der Waals surface area contributed by atoms with Crippen molar-refractivity contribution in [2.45, 2.75) is 27.2 Å². The Labute approximate surface area is 173 Å². The number of carbonyl (C=O) groups excluding carboxylic acids is 1. The van der Waals surface area contributed by atoms with Crippen LogP contribution in [-0.2, 0) is 4.79 Å². The molecular formula is C22H23BrN2O3. The highest BCUT2D eigenvalue weighted by molar-refractivity contribution is 9.10. The molecule has 0 aliphatic carbocycles. The van der Waals surface area contributed by atoms with Gasteiger partial charge in [0.15, 0.2) is 11.5 Å². The summed E-state index contributed by atoms with van der Waals surface area (Å²) in [5.41, 5.74) is 2.82. The zero-order valence-electron chi connectivity index (χ0n) is 16.2. The first-order valence-electron chi connectivity index (χ1n) is 9.31. The minimum absolute atomic E-state index is 0.149. The number of hydrogen-bond acceptors (Lipinski definition) is 4. The molecule has 0 atom stereocenters. The number of hydrazone groups is 1. The predicted molar refractivity (Wildman–Crippen MR) is 116 cm³/mol. The van der Waals surface area contributed by atoms with Crippen LogP contribution in [-0.4, -0.2) is 24.8 Å². The first kappa shape index (κ1) is 20.1. The van der Waals surface area contributed by atoms with Gasteiger partial charge in [0.25, 0.3) is 5.91 Å². The van der Waals surface area contributed by atoms with Crippen molar-refractivity contribution in [1.82, 2.24) is 0 Å². The second-order valence-corrected chi connectivity index (χ2v) is 7.16. The summed E-state index contributed by atoms with van der Waals surface area (Å²) in [4.78, 5) is 12.9. The zero-order valence-corrected chi connectivity index (χ0v) is 17.8. The summed E-state index contributed by atoms with van der Waals surface area (Å²) in [5, 5.41) is 5.85. The SMILES string of the molecule is CCCOc1c(Br)cc(/C=C2/C(=O)N(c3ccccc3)N=C2C)cc1OCC. The van der Waals surface area contributed by atoms with Gasteiger partial charge in [-0.3, -0.25) is 4.79 Å². The van der Waals surface area contributed by atoms with Crippen molar-refractivity contribution in [3.05, 3.63) is 58.1 Å². The maximum absolute atomic E-state index is 12.9. The van der Waals surface area contributed by atoms with Crippen molar-refractivity contribution in [2.24, 2.45) is 5.10 Å². The van der Waals surface area contributed by atoms with Crippen LogP contribution in [0.3, 0.4) is 0 Å².